The van der Waals surface area contributed by atoms with Gasteiger partial charge in [-0.1, -0.05) is 95.8 Å². The van der Waals surface area contributed by atoms with Crippen molar-refractivity contribution < 1.29 is 19.0 Å². The van der Waals surface area contributed by atoms with E-state index in [4.69, 9.17) is 14.2 Å². The van der Waals surface area contributed by atoms with Gasteiger partial charge in [-0.2, -0.15) is 0 Å². The number of methoxy groups -OCH3 is 1. The Morgan fingerprint density at radius 3 is 2.17 bits per heavy atom. The summed E-state index contributed by atoms with van der Waals surface area (Å²) in [6, 6.07) is 13.5. The Morgan fingerprint density at radius 2 is 1.52 bits per heavy atom. The third-order valence-electron chi connectivity index (χ3n) is 7.33. The van der Waals surface area contributed by atoms with Crippen LogP contribution in [-0.4, -0.2) is 37.0 Å². The van der Waals surface area contributed by atoms with Crippen LogP contribution in [0.15, 0.2) is 53.6 Å². The van der Waals surface area contributed by atoms with Gasteiger partial charge in [0.15, 0.2) is 18.1 Å². The number of carbonyl (C=O) groups excluding carboxylic acids is 1. The van der Waals surface area contributed by atoms with Gasteiger partial charge in [0.1, 0.15) is 0 Å². The average molecular weight is 664 g/mol. The number of ether oxygens (including phenoxy) is 3. The van der Waals surface area contributed by atoms with Crippen LogP contribution in [0.2, 0.25) is 0 Å². The van der Waals surface area contributed by atoms with E-state index in [-0.39, 0.29) is 29.5 Å². The van der Waals surface area contributed by atoms with Crippen LogP contribution in [0.3, 0.4) is 0 Å². The first-order valence-electron chi connectivity index (χ1n) is 15.5. The standard InChI is InChI=1S/C34H50N2O4S.BrH/c1-4-5-6-7-8-9-10-11-12-13-14-15-22-39-34-31(38-3)20-17-21-32(34)40-25-33(37)35-30-19-16-18-29(23-30)24-36-27-41-26-28(36)2;/h16-21,23,26H,4-15,22,24-25,27H2,1-3H3,(H,35,37);1H. The van der Waals surface area contributed by atoms with Gasteiger partial charge in [-0.25, -0.2) is 0 Å². The van der Waals surface area contributed by atoms with Crippen LogP contribution < -0.4 is 19.5 Å². The second kappa shape index (κ2) is 21.4. The highest BCUT2D eigenvalue weighted by atomic mass is 79.9. The van der Waals surface area contributed by atoms with E-state index in [1.54, 1.807) is 18.9 Å². The van der Waals surface area contributed by atoms with Gasteiger partial charge in [-0.3, -0.25) is 4.79 Å². The average Bonchev–Trinajstić information content (AvgIpc) is 3.38. The van der Waals surface area contributed by atoms with Gasteiger partial charge in [-0.15, -0.1) is 28.7 Å². The maximum atomic E-state index is 12.7. The summed E-state index contributed by atoms with van der Waals surface area (Å²) in [7, 11) is 1.62. The number of unbranched alkanes of at least 4 members (excludes halogenated alkanes) is 11. The summed E-state index contributed by atoms with van der Waals surface area (Å²) in [5, 5.41) is 5.14. The Labute approximate surface area is 268 Å². The Hall–Kier alpha value is -2.32. The molecular formula is C34H51BrN2O4S. The first-order chi connectivity index (χ1) is 20.1. The molecule has 0 fully saturated rings. The van der Waals surface area contributed by atoms with E-state index in [0.717, 1.165) is 36.5 Å². The quantitative estimate of drug-likeness (QED) is 0.134. The summed E-state index contributed by atoms with van der Waals surface area (Å²) >= 11 is 1.80. The van der Waals surface area contributed by atoms with Crippen LogP contribution in [0.1, 0.15) is 96.5 Å². The molecule has 42 heavy (non-hydrogen) atoms. The second-order valence-corrected chi connectivity index (χ2v) is 11.6. The summed E-state index contributed by atoms with van der Waals surface area (Å²) in [6.45, 7) is 5.69. The number of nitrogens with zero attached hydrogens (tertiary/aromatic N) is 1. The molecule has 0 spiro atoms. The topological polar surface area (TPSA) is 60.0 Å². The Morgan fingerprint density at radius 1 is 0.881 bits per heavy atom. The minimum atomic E-state index is -0.218. The number of hydrogen-bond donors (Lipinski definition) is 1. The monoisotopic (exact) mass is 662 g/mol. The van der Waals surface area contributed by atoms with Crippen molar-refractivity contribution in [3.63, 3.8) is 0 Å². The largest absolute Gasteiger partial charge is 0.493 e. The molecule has 8 heteroatoms. The van der Waals surface area contributed by atoms with Crippen molar-refractivity contribution in [1.82, 2.24) is 4.90 Å². The fourth-order valence-electron chi connectivity index (χ4n) is 4.93. The molecule has 0 unspecified atom stereocenters. The maximum absolute atomic E-state index is 12.7. The third kappa shape index (κ3) is 13.3. The first-order valence-corrected chi connectivity index (χ1v) is 16.5. The molecule has 6 nitrogen and oxygen atoms in total. The van der Waals surface area contributed by atoms with Crippen molar-refractivity contribution in [3.8, 4) is 17.2 Å². The zero-order valence-corrected chi connectivity index (χ0v) is 28.4. The number of allylic oxidation sites excluding steroid dienone is 1. The molecule has 1 aliphatic rings. The molecule has 1 heterocycles. The summed E-state index contributed by atoms with van der Waals surface area (Å²) in [4.78, 5) is 15.0. The molecule has 0 bridgehead atoms. The zero-order chi connectivity index (χ0) is 29.1. The Balaban J connectivity index is 0.00000616. The summed E-state index contributed by atoms with van der Waals surface area (Å²) < 4.78 is 17.5. The highest BCUT2D eigenvalue weighted by Gasteiger charge is 2.15. The molecule has 3 rings (SSSR count). The lowest BCUT2D eigenvalue weighted by atomic mass is 10.1. The molecule has 0 saturated heterocycles. The van der Waals surface area contributed by atoms with E-state index in [1.807, 2.05) is 36.4 Å². The van der Waals surface area contributed by atoms with Crippen molar-refractivity contribution >= 4 is 40.3 Å². The van der Waals surface area contributed by atoms with Crippen LogP contribution in [0, 0.1) is 0 Å². The molecule has 0 aliphatic carbocycles. The van der Waals surface area contributed by atoms with E-state index in [1.165, 1.54) is 69.9 Å². The Bertz CT molecular complexity index is 1080. The van der Waals surface area contributed by atoms with E-state index < -0.39 is 0 Å². The summed E-state index contributed by atoms with van der Waals surface area (Å²) in [6.07, 6.45) is 15.6. The fourth-order valence-corrected chi connectivity index (χ4v) is 5.87. The Kier molecular flexibility index (Phi) is 18.3. The van der Waals surface area contributed by atoms with Gasteiger partial charge >= 0.3 is 0 Å². The number of carbonyl (C=O) groups is 1. The van der Waals surface area contributed by atoms with E-state index in [0.29, 0.717) is 23.9 Å². The molecule has 2 aromatic carbocycles. The molecule has 0 radical (unpaired) electrons. The van der Waals surface area contributed by atoms with E-state index in [2.05, 4.69) is 35.5 Å². The first kappa shape index (κ1) is 35.9. The number of nitrogens with one attached hydrogen (secondary N) is 1. The number of hydrogen-bond acceptors (Lipinski definition) is 6. The smallest absolute Gasteiger partial charge is 0.262 e. The molecule has 1 amide bonds. The highest BCUT2D eigenvalue weighted by Crippen LogP contribution is 2.37. The van der Waals surface area contributed by atoms with Crippen LogP contribution in [-0.2, 0) is 11.3 Å². The van der Waals surface area contributed by atoms with E-state index in [9.17, 15) is 4.79 Å². The lowest BCUT2D eigenvalue weighted by molar-refractivity contribution is -0.118. The lowest BCUT2D eigenvalue weighted by Crippen LogP contribution is -2.21. The van der Waals surface area contributed by atoms with Gasteiger partial charge in [0.25, 0.3) is 5.91 Å². The van der Waals surface area contributed by atoms with Crippen molar-refractivity contribution in [2.75, 3.05) is 31.5 Å². The summed E-state index contributed by atoms with van der Waals surface area (Å²) in [5.74, 6) is 2.42. The van der Waals surface area contributed by atoms with Crippen LogP contribution in [0.5, 0.6) is 17.2 Å². The lowest BCUT2D eigenvalue weighted by Gasteiger charge is -2.19. The predicted molar refractivity (Wildman–Crippen MR) is 182 cm³/mol. The fraction of sp³-hybridized carbons (Fsp3) is 0.559. The van der Waals surface area contributed by atoms with Crippen molar-refractivity contribution in [2.45, 2.75) is 97.4 Å². The van der Waals surface area contributed by atoms with Gasteiger partial charge < -0.3 is 24.4 Å². The molecule has 2 aromatic rings. The second-order valence-electron chi connectivity index (χ2n) is 10.8. The minimum absolute atomic E-state index is 0. The predicted octanol–water partition coefficient (Wildman–Crippen LogP) is 9.74. The maximum Gasteiger partial charge on any atom is 0.262 e. The molecule has 0 atom stereocenters. The number of halogens is 1. The molecule has 0 aromatic heterocycles. The van der Waals surface area contributed by atoms with Gasteiger partial charge in [0.2, 0.25) is 5.75 Å². The molecule has 1 aliphatic heterocycles. The van der Waals surface area contributed by atoms with Gasteiger partial charge in [0.05, 0.1) is 19.6 Å². The SMILES string of the molecule is Br.CCCCCCCCCCCCCCOc1c(OC)cccc1OCC(=O)Nc1cccc(CN2CSC=C2C)c1. The number of amides is 1. The van der Waals surface area contributed by atoms with Gasteiger partial charge in [0, 0.05) is 17.9 Å². The number of para-hydroxylation sites is 1. The van der Waals surface area contributed by atoms with Crippen molar-refractivity contribution in [2.24, 2.45) is 0 Å². The van der Waals surface area contributed by atoms with Crippen LogP contribution >= 0.6 is 28.7 Å². The van der Waals surface area contributed by atoms with E-state index >= 15 is 0 Å². The number of anilines is 1. The van der Waals surface area contributed by atoms with Crippen LogP contribution in [0.4, 0.5) is 5.69 Å². The number of benzene rings is 2. The van der Waals surface area contributed by atoms with Crippen LogP contribution in [0.25, 0.3) is 0 Å². The third-order valence-corrected chi connectivity index (χ3v) is 8.30. The highest BCUT2D eigenvalue weighted by molar-refractivity contribution is 8.93. The summed E-state index contributed by atoms with van der Waals surface area (Å²) in [5.41, 5.74) is 3.19. The zero-order valence-electron chi connectivity index (χ0n) is 25.8. The molecule has 1 N–H and O–H groups in total. The minimum Gasteiger partial charge on any atom is -0.493 e. The molecular weight excluding hydrogens is 612 g/mol. The molecule has 234 valence electrons. The number of rotatable bonds is 21. The normalized spacial score (nSPS) is 12.5. The van der Waals surface area contributed by atoms with Crippen molar-refractivity contribution in [1.29, 1.82) is 0 Å². The van der Waals surface area contributed by atoms with Crippen molar-refractivity contribution in [3.05, 3.63) is 59.1 Å². The number of thioether (sulfide) groups is 1. The van der Waals surface area contributed by atoms with Gasteiger partial charge in [-0.05, 0) is 48.6 Å². The molecule has 0 saturated carbocycles.